The van der Waals surface area contributed by atoms with Crippen molar-refractivity contribution in [3.05, 3.63) is 59.7 Å². The topological polar surface area (TPSA) is 86.7 Å². The molecule has 0 N–H and O–H groups in total. The van der Waals surface area contributed by atoms with Gasteiger partial charge in [-0.05, 0) is 41.8 Å². The molecule has 0 bridgehead atoms. The third-order valence-corrected chi connectivity index (χ3v) is 5.44. The molecule has 0 saturated heterocycles. The summed E-state index contributed by atoms with van der Waals surface area (Å²) < 4.78 is 76.4. The van der Waals surface area contributed by atoms with E-state index >= 15 is 0 Å². The molecule has 0 aliphatic rings. The van der Waals surface area contributed by atoms with Gasteiger partial charge in [0.15, 0.2) is 0 Å². The van der Waals surface area contributed by atoms with Crippen LogP contribution in [0, 0.1) is 0 Å². The molecule has 0 spiro atoms. The van der Waals surface area contributed by atoms with Crippen LogP contribution in [0.4, 0.5) is 7.77 Å². The van der Waals surface area contributed by atoms with Gasteiger partial charge < -0.3 is 8.37 Å². The van der Waals surface area contributed by atoms with Crippen molar-refractivity contribution in [3.8, 4) is 11.5 Å². The van der Waals surface area contributed by atoms with E-state index in [0.29, 0.717) is 0 Å². The SMILES string of the molecule is CCCCCC(C)(c1ccc(OS(=O)(=O)F)cc1)c1ccc(OS(=O)(=O)F)cc1. The lowest BCUT2D eigenvalue weighted by Gasteiger charge is -2.31. The predicted octanol–water partition coefficient (Wildman–Crippen LogP) is 4.76. The van der Waals surface area contributed by atoms with Crippen molar-refractivity contribution in [1.29, 1.82) is 0 Å². The van der Waals surface area contributed by atoms with Gasteiger partial charge in [0.05, 0.1) is 0 Å². The minimum absolute atomic E-state index is 0.149. The molecule has 6 nitrogen and oxygen atoms in total. The summed E-state index contributed by atoms with van der Waals surface area (Å²) >= 11 is 0. The van der Waals surface area contributed by atoms with Gasteiger partial charge >= 0.3 is 21.0 Å². The second-order valence-electron chi connectivity index (χ2n) is 6.79. The number of hydrogen-bond acceptors (Lipinski definition) is 6. The fourth-order valence-corrected chi connectivity index (χ4v) is 3.85. The fraction of sp³-hybridized carbons (Fsp3) is 0.368. The lowest BCUT2D eigenvalue weighted by Crippen LogP contribution is -2.23. The summed E-state index contributed by atoms with van der Waals surface area (Å²) in [5, 5.41) is 0. The number of rotatable bonds is 10. The summed E-state index contributed by atoms with van der Waals surface area (Å²) in [5.41, 5.74) is 1.13. The Labute approximate surface area is 170 Å². The number of unbranched alkanes of at least 4 members (excludes halogenated alkanes) is 2. The highest BCUT2D eigenvalue weighted by molar-refractivity contribution is 7.82. The van der Waals surface area contributed by atoms with Crippen molar-refractivity contribution < 1.29 is 33.0 Å². The fourth-order valence-electron chi connectivity index (χ4n) is 3.17. The second kappa shape index (κ2) is 9.08. The predicted molar refractivity (Wildman–Crippen MR) is 105 cm³/mol. The van der Waals surface area contributed by atoms with E-state index in [1.807, 2.05) is 6.92 Å². The van der Waals surface area contributed by atoms with Crippen LogP contribution in [0.2, 0.25) is 0 Å². The van der Waals surface area contributed by atoms with Crippen LogP contribution < -0.4 is 8.37 Å². The first-order valence-corrected chi connectivity index (χ1v) is 11.5. The lowest BCUT2D eigenvalue weighted by atomic mass is 9.72. The van der Waals surface area contributed by atoms with Crippen molar-refractivity contribution in [2.24, 2.45) is 0 Å². The molecule has 0 aromatic heterocycles. The molecule has 29 heavy (non-hydrogen) atoms. The maximum Gasteiger partial charge on any atom is 0.488 e. The first kappa shape index (κ1) is 23.1. The summed E-state index contributed by atoms with van der Waals surface area (Å²) in [7, 11) is -10.2. The maximum absolute atomic E-state index is 12.7. The highest BCUT2D eigenvalue weighted by Crippen LogP contribution is 2.38. The third-order valence-electron chi connectivity index (χ3n) is 4.65. The van der Waals surface area contributed by atoms with Gasteiger partial charge in [0.25, 0.3) is 0 Å². The largest absolute Gasteiger partial charge is 0.488 e. The number of benzene rings is 2. The van der Waals surface area contributed by atoms with Crippen LogP contribution in [0.25, 0.3) is 0 Å². The van der Waals surface area contributed by atoms with Crippen LogP contribution in [-0.4, -0.2) is 16.8 Å². The molecule has 0 radical (unpaired) electrons. The van der Waals surface area contributed by atoms with Crippen LogP contribution in [0.1, 0.15) is 50.7 Å². The minimum atomic E-state index is -5.11. The second-order valence-corrected chi connectivity index (χ2v) is 8.70. The lowest BCUT2D eigenvalue weighted by molar-refractivity contribution is 0.438. The van der Waals surface area contributed by atoms with Gasteiger partial charge in [-0.25, -0.2) is 0 Å². The average Bonchev–Trinajstić information content (AvgIpc) is 2.60. The first-order chi connectivity index (χ1) is 13.4. The van der Waals surface area contributed by atoms with E-state index in [0.717, 1.165) is 36.8 Å². The molecule has 0 atom stereocenters. The van der Waals surface area contributed by atoms with Gasteiger partial charge in [-0.2, -0.15) is 16.8 Å². The summed E-state index contributed by atoms with van der Waals surface area (Å²) in [4.78, 5) is 0. The summed E-state index contributed by atoms with van der Waals surface area (Å²) in [6.45, 7) is 4.05. The molecule has 160 valence electrons. The van der Waals surface area contributed by atoms with Crippen molar-refractivity contribution >= 4 is 21.0 Å². The van der Waals surface area contributed by atoms with E-state index in [1.165, 1.54) is 24.3 Å². The molecular weight excluding hydrogens is 426 g/mol. The number of halogens is 2. The molecule has 0 aliphatic heterocycles. The van der Waals surface area contributed by atoms with E-state index < -0.39 is 26.4 Å². The van der Waals surface area contributed by atoms with Gasteiger partial charge in [-0.3, -0.25) is 0 Å². The van der Waals surface area contributed by atoms with Crippen molar-refractivity contribution in [1.82, 2.24) is 0 Å². The van der Waals surface area contributed by atoms with Crippen LogP contribution in [-0.2, 0) is 26.4 Å². The van der Waals surface area contributed by atoms with E-state index in [1.54, 1.807) is 24.3 Å². The van der Waals surface area contributed by atoms with Gasteiger partial charge in [0.1, 0.15) is 11.5 Å². The Hall–Kier alpha value is -2.20. The standard InChI is InChI=1S/C19H22F2O6S2/c1-3-4-5-14-19(2,15-6-10-17(11-7-15)26-28(20,22)23)16-8-12-18(13-9-16)27-29(21,24)25/h6-13H,3-5,14H2,1-2H3. The Kier molecular flexibility index (Phi) is 7.23. The highest BCUT2D eigenvalue weighted by Gasteiger charge is 2.29. The quantitative estimate of drug-likeness (QED) is 0.385. The third kappa shape index (κ3) is 6.97. The summed E-state index contributed by atoms with van der Waals surface area (Å²) in [6, 6.07) is 12.0. The van der Waals surface area contributed by atoms with Gasteiger partial charge in [-0.15, -0.1) is 0 Å². The normalized spacial score (nSPS) is 12.6. The Balaban J connectivity index is 2.37. The van der Waals surface area contributed by atoms with E-state index in [9.17, 15) is 24.6 Å². The van der Waals surface area contributed by atoms with E-state index in [2.05, 4.69) is 15.3 Å². The van der Waals surface area contributed by atoms with Crippen molar-refractivity contribution in [2.45, 2.75) is 44.9 Å². The molecule has 0 amide bonds. The van der Waals surface area contributed by atoms with Crippen LogP contribution in [0.5, 0.6) is 11.5 Å². The molecule has 2 rings (SSSR count). The smallest absolute Gasteiger partial charge is 0.358 e. The zero-order valence-corrected chi connectivity index (χ0v) is 17.6. The summed E-state index contributed by atoms with van der Waals surface area (Å²) in [6.07, 6.45) is 3.65. The zero-order valence-electron chi connectivity index (χ0n) is 16.0. The molecule has 2 aromatic carbocycles. The summed E-state index contributed by atoms with van der Waals surface area (Å²) in [5.74, 6) is -0.298. The van der Waals surface area contributed by atoms with Crippen molar-refractivity contribution in [3.63, 3.8) is 0 Å². The van der Waals surface area contributed by atoms with Crippen LogP contribution in [0.3, 0.4) is 0 Å². The van der Waals surface area contributed by atoms with Crippen LogP contribution >= 0.6 is 0 Å². The molecule has 0 heterocycles. The Morgan fingerprint density at radius 1 is 0.759 bits per heavy atom. The Bertz CT molecular complexity index is 940. The zero-order chi connectivity index (χ0) is 21.7. The molecule has 2 aromatic rings. The first-order valence-electron chi connectivity index (χ1n) is 8.92. The molecule has 10 heteroatoms. The minimum Gasteiger partial charge on any atom is -0.358 e. The molecule has 0 unspecified atom stereocenters. The van der Waals surface area contributed by atoms with E-state index in [-0.39, 0.29) is 11.5 Å². The average molecular weight is 449 g/mol. The monoisotopic (exact) mass is 448 g/mol. The van der Waals surface area contributed by atoms with Gasteiger partial charge in [-0.1, -0.05) is 65.1 Å². The van der Waals surface area contributed by atoms with Gasteiger partial charge in [0, 0.05) is 5.41 Å². The molecule has 0 saturated carbocycles. The number of hydrogen-bond donors (Lipinski definition) is 0. The Morgan fingerprint density at radius 2 is 1.14 bits per heavy atom. The van der Waals surface area contributed by atoms with Crippen molar-refractivity contribution in [2.75, 3.05) is 0 Å². The highest BCUT2D eigenvalue weighted by atomic mass is 32.3. The van der Waals surface area contributed by atoms with E-state index in [4.69, 9.17) is 0 Å². The molecule has 0 fully saturated rings. The van der Waals surface area contributed by atoms with Crippen LogP contribution in [0.15, 0.2) is 48.5 Å². The van der Waals surface area contributed by atoms with Gasteiger partial charge in [0.2, 0.25) is 0 Å². The molecule has 0 aliphatic carbocycles. The maximum atomic E-state index is 12.7. The molecular formula is C19H22F2O6S2. The Morgan fingerprint density at radius 3 is 1.45 bits per heavy atom.